The largest absolute Gasteiger partial charge is 0.322 e. The molecule has 102 valence electrons. The number of hydrogen-bond donors (Lipinski definition) is 1. The van der Waals surface area contributed by atoms with Crippen LogP contribution in [0.5, 0.6) is 0 Å². The van der Waals surface area contributed by atoms with E-state index < -0.39 is 0 Å². The monoisotopic (exact) mass is 269 g/mol. The van der Waals surface area contributed by atoms with Crippen molar-refractivity contribution in [2.75, 3.05) is 17.3 Å². The highest BCUT2D eigenvalue weighted by atomic mass is 16.2. The first-order valence-electron chi connectivity index (χ1n) is 6.13. The van der Waals surface area contributed by atoms with Crippen molar-refractivity contribution < 1.29 is 9.59 Å². The third-order valence-corrected chi connectivity index (χ3v) is 2.91. The maximum atomic E-state index is 11.9. The first-order chi connectivity index (χ1) is 9.58. The fraction of sp³-hybridized carbons (Fsp3) is 0.133. The van der Waals surface area contributed by atoms with Crippen molar-refractivity contribution in [2.45, 2.75) is 6.92 Å². The molecule has 1 N–H and O–H groups in total. The van der Waals surface area contributed by atoms with Gasteiger partial charge < -0.3 is 10.2 Å². The van der Waals surface area contributed by atoms with Crippen molar-refractivity contribution in [3.63, 3.8) is 0 Å². The number of aromatic nitrogens is 1. The van der Waals surface area contributed by atoms with Crippen LogP contribution in [0.2, 0.25) is 0 Å². The minimum absolute atomic E-state index is 0.0443. The van der Waals surface area contributed by atoms with Crippen LogP contribution < -0.4 is 10.2 Å². The summed E-state index contributed by atoms with van der Waals surface area (Å²) in [6.45, 7) is 1.50. The van der Waals surface area contributed by atoms with Gasteiger partial charge in [0.25, 0.3) is 5.91 Å². The lowest BCUT2D eigenvalue weighted by molar-refractivity contribution is -0.116. The van der Waals surface area contributed by atoms with Crippen LogP contribution in [0.25, 0.3) is 0 Å². The molecule has 0 unspecified atom stereocenters. The Morgan fingerprint density at radius 3 is 2.40 bits per heavy atom. The van der Waals surface area contributed by atoms with Crippen LogP contribution in [0, 0.1) is 0 Å². The molecule has 2 rings (SSSR count). The quantitative estimate of drug-likeness (QED) is 0.930. The number of hydrogen-bond acceptors (Lipinski definition) is 3. The molecule has 2 amide bonds. The van der Waals surface area contributed by atoms with Crippen LogP contribution >= 0.6 is 0 Å². The Labute approximate surface area is 117 Å². The van der Waals surface area contributed by atoms with Crippen molar-refractivity contribution in [3.05, 3.63) is 54.4 Å². The molecule has 0 saturated carbocycles. The van der Waals surface area contributed by atoms with E-state index >= 15 is 0 Å². The number of carbonyl (C=O) groups is 2. The molecule has 5 heteroatoms. The smallest absolute Gasteiger partial charge is 0.257 e. The maximum Gasteiger partial charge on any atom is 0.257 e. The van der Waals surface area contributed by atoms with Crippen LogP contribution in [0.1, 0.15) is 17.3 Å². The fourth-order valence-electron chi connectivity index (χ4n) is 1.65. The number of benzene rings is 1. The van der Waals surface area contributed by atoms with Gasteiger partial charge in [-0.05, 0) is 36.4 Å². The van der Waals surface area contributed by atoms with Crippen LogP contribution in [0.15, 0.2) is 48.8 Å². The molecular formula is C15H15N3O2. The number of nitrogens with one attached hydrogen (secondary N) is 1. The Balaban J connectivity index is 2.08. The molecule has 0 aliphatic carbocycles. The summed E-state index contributed by atoms with van der Waals surface area (Å²) in [5.74, 6) is -0.261. The van der Waals surface area contributed by atoms with E-state index in [4.69, 9.17) is 0 Å². The molecule has 0 aliphatic heterocycles. The van der Waals surface area contributed by atoms with E-state index in [1.807, 2.05) is 0 Å². The highest BCUT2D eigenvalue weighted by Crippen LogP contribution is 2.17. The van der Waals surface area contributed by atoms with Crippen molar-refractivity contribution >= 4 is 23.2 Å². The second kappa shape index (κ2) is 5.97. The van der Waals surface area contributed by atoms with E-state index in [2.05, 4.69) is 10.3 Å². The molecule has 0 radical (unpaired) electrons. The molecule has 1 aromatic carbocycles. The molecule has 0 fully saturated rings. The molecule has 2 aromatic rings. The van der Waals surface area contributed by atoms with Crippen molar-refractivity contribution in [3.8, 4) is 0 Å². The number of rotatable bonds is 3. The normalized spacial score (nSPS) is 9.90. The minimum Gasteiger partial charge on any atom is -0.322 e. The van der Waals surface area contributed by atoms with Gasteiger partial charge in [0.1, 0.15) is 0 Å². The van der Waals surface area contributed by atoms with Gasteiger partial charge in [-0.25, -0.2) is 0 Å². The second-order valence-corrected chi connectivity index (χ2v) is 4.32. The average molecular weight is 269 g/mol. The molecule has 20 heavy (non-hydrogen) atoms. The predicted molar refractivity (Wildman–Crippen MR) is 77.7 cm³/mol. The van der Waals surface area contributed by atoms with Gasteiger partial charge in [0, 0.05) is 37.7 Å². The van der Waals surface area contributed by atoms with Gasteiger partial charge in [-0.3, -0.25) is 14.6 Å². The van der Waals surface area contributed by atoms with Crippen LogP contribution in [-0.2, 0) is 4.79 Å². The number of carbonyl (C=O) groups excluding carboxylic acids is 2. The molecule has 5 nitrogen and oxygen atoms in total. The van der Waals surface area contributed by atoms with Gasteiger partial charge in [0.05, 0.1) is 5.56 Å². The summed E-state index contributed by atoms with van der Waals surface area (Å²) in [4.78, 5) is 28.6. The molecule has 0 spiro atoms. The minimum atomic E-state index is -0.217. The van der Waals surface area contributed by atoms with Gasteiger partial charge in [-0.15, -0.1) is 0 Å². The molecule has 0 bridgehead atoms. The van der Waals surface area contributed by atoms with E-state index in [-0.39, 0.29) is 11.8 Å². The molecule has 0 aliphatic rings. The zero-order chi connectivity index (χ0) is 14.5. The summed E-state index contributed by atoms with van der Waals surface area (Å²) in [5.41, 5.74) is 1.94. The Morgan fingerprint density at radius 2 is 1.85 bits per heavy atom. The van der Waals surface area contributed by atoms with Crippen LogP contribution in [0.3, 0.4) is 0 Å². The summed E-state index contributed by atoms with van der Waals surface area (Å²) < 4.78 is 0. The van der Waals surface area contributed by atoms with Crippen LogP contribution in [0.4, 0.5) is 11.4 Å². The SMILES string of the molecule is CC(=O)N(C)c1ccc(NC(=O)c2cccnc2)cc1. The van der Waals surface area contributed by atoms with E-state index in [0.717, 1.165) is 5.69 Å². The molecular weight excluding hydrogens is 254 g/mol. The third-order valence-electron chi connectivity index (χ3n) is 2.91. The molecule has 0 atom stereocenters. The summed E-state index contributed by atoms with van der Waals surface area (Å²) in [6.07, 6.45) is 3.12. The molecule has 0 saturated heterocycles. The standard InChI is InChI=1S/C15H15N3O2/c1-11(19)18(2)14-7-5-13(6-8-14)17-15(20)12-4-3-9-16-10-12/h3-10H,1-2H3,(H,17,20). The van der Waals surface area contributed by atoms with Crippen LogP contribution in [-0.4, -0.2) is 23.8 Å². The van der Waals surface area contributed by atoms with Gasteiger partial charge in [0.2, 0.25) is 5.91 Å². The summed E-state index contributed by atoms with van der Waals surface area (Å²) in [5, 5.41) is 2.77. The number of anilines is 2. The summed E-state index contributed by atoms with van der Waals surface area (Å²) in [6, 6.07) is 10.5. The highest BCUT2D eigenvalue weighted by molar-refractivity contribution is 6.04. The van der Waals surface area contributed by atoms with Gasteiger partial charge in [-0.2, -0.15) is 0 Å². The lowest BCUT2D eigenvalue weighted by Crippen LogP contribution is -2.22. The third kappa shape index (κ3) is 3.20. The first kappa shape index (κ1) is 13.7. The lowest BCUT2D eigenvalue weighted by atomic mass is 10.2. The topological polar surface area (TPSA) is 62.3 Å². The average Bonchev–Trinajstić information content (AvgIpc) is 2.48. The van der Waals surface area contributed by atoms with Crippen molar-refractivity contribution in [1.29, 1.82) is 0 Å². The Morgan fingerprint density at radius 1 is 1.15 bits per heavy atom. The van der Waals surface area contributed by atoms with E-state index in [9.17, 15) is 9.59 Å². The fourth-order valence-corrected chi connectivity index (χ4v) is 1.65. The molecule has 1 aromatic heterocycles. The number of nitrogens with zero attached hydrogens (tertiary/aromatic N) is 2. The molecule has 1 heterocycles. The van der Waals surface area contributed by atoms with Gasteiger partial charge in [0.15, 0.2) is 0 Å². The van der Waals surface area contributed by atoms with E-state index in [1.54, 1.807) is 49.6 Å². The van der Waals surface area contributed by atoms with Crippen molar-refractivity contribution in [1.82, 2.24) is 4.98 Å². The maximum absolute atomic E-state index is 11.9. The zero-order valence-corrected chi connectivity index (χ0v) is 11.3. The predicted octanol–water partition coefficient (Wildman–Crippen LogP) is 2.32. The number of amides is 2. The highest BCUT2D eigenvalue weighted by Gasteiger charge is 2.07. The summed E-state index contributed by atoms with van der Waals surface area (Å²) >= 11 is 0. The van der Waals surface area contributed by atoms with E-state index in [1.165, 1.54) is 18.0 Å². The Bertz CT molecular complexity index is 609. The Kier molecular flexibility index (Phi) is 4.10. The zero-order valence-electron chi connectivity index (χ0n) is 11.3. The van der Waals surface area contributed by atoms with Crippen molar-refractivity contribution in [2.24, 2.45) is 0 Å². The second-order valence-electron chi connectivity index (χ2n) is 4.32. The van der Waals surface area contributed by atoms with Gasteiger partial charge >= 0.3 is 0 Å². The van der Waals surface area contributed by atoms with Gasteiger partial charge in [-0.1, -0.05) is 0 Å². The summed E-state index contributed by atoms with van der Waals surface area (Å²) in [7, 11) is 1.70. The number of pyridine rings is 1. The Hall–Kier alpha value is -2.69. The van der Waals surface area contributed by atoms with E-state index in [0.29, 0.717) is 11.3 Å². The first-order valence-corrected chi connectivity index (χ1v) is 6.13. The lowest BCUT2D eigenvalue weighted by Gasteiger charge is -2.15.